The summed E-state index contributed by atoms with van der Waals surface area (Å²) in [4.78, 5) is 11.9. The summed E-state index contributed by atoms with van der Waals surface area (Å²) >= 11 is 0. The van der Waals surface area contributed by atoms with Gasteiger partial charge in [0.1, 0.15) is 0 Å². The van der Waals surface area contributed by atoms with E-state index in [0.29, 0.717) is 12.8 Å². The molecule has 0 aliphatic carbocycles. The predicted octanol–water partition coefficient (Wildman–Crippen LogP) is 4.21. The van der Waals surface area contributed by atoms with Gasteiger partial charge >= 0.3 is 12.2 Å². The standard InChI is InChI=1S/C19H21F3N2O2/c1-18(26,12-11-14-5-3-2-4-6-14)13-23-17(25)24-16-9-7-15(8-10-16)19(20,21)22/h2-10,26H,11-13H2,1H3,(H2,23,24,25)/t18-/m1/s1. The van der Waals surface area contributed by atoms with E-state index in [4.69, 9.17) is 0 Å². The Hall–Kier alpha value is -2.54. The minimum Gasteiger partial charge on any atom is -0.388 e. The lowest BCUT2D eigenvalue weighted by Crippen LogP contribution is -2.42. The molecular formula is C19H21F3N2O2. The molecule has 0 heterocycles. The van der Waals surface area contributed by atoms with Gasteiger partial charge in [-0.3, -0.25) is 0 Å². The highest BCUT2D eigenvalue weighted by molar-refractivity contribution is 5.89. The number of alkyl halides is 3. The third-order valence-corrected chi connectivity index (χ3v) is 3.89. The van der Waals surface area contributed by atoms with Crippen molar-refractivity contribution in [2.24, 2.45) is 0 Å². The minimum atomic E-state index is -4.42. The van der Waals surface area contributed by atoms with Gasteiger partial charge in [0.25, 0.3) is 0 Å². The zero-order valence-corrected chi connectivity index (χ0v) is 14.3. The number of halogens is 3. The second kappa shape index (κ2) is 8.23. The van der Waals surface area contributed by atoms with Gasteiger partial charge in [0.05, 0.1) is 11.2 Å². The summed E-state index contributed by atoms with van der Waals surface area (Å²) < 4.78 is 37.5. The van der Waals surface area contributed by atoms with E-state index in [0.717, 1.165) is 17.7 Å². The van der Waals surface area contributed by atoms with Crippen molar-refractivity contribution in [3.8, 4) is 0 Å². The fraction of sp³-hybridized carbons (Fsp3) is 0.316. The molecule has 0 fully saturated rings. The molecule has 0 aromatic heterocycles. The van der Waals surface area contributed by atoms with Crippen molar-refractivity contribution in [1.29, 1.82) is 0 Å². The van der Waals surface area contributed by atoms with Crippen molar-refractivity contribution in [1.82, 2.24) is 5.32 Å². The van der Waals surface area contributed by atoms with Crippen LogP contribution >= 0.6 is 0 Å². The van der Waals surface area contributed by atoms with E-state index >= 15 is 0 Å². The van der Waals surface area contributed by atoms with E-state index < -0.39 is 23.4 Å². The van der Waals surface area contributed by atoms with Crippen LogP contribution in [0.2, 0.25) is 0 Å². The lowest BCUT2D eigenvalue weighted by atomic mass is 9.97. The van der Waals surface area contributed by atoms with Crippen LogP contribution in [0.5, 0.6) is 0 Å². The number of carbonyl (C=O) groups is 1. The van der Waals surface area contributed by atoms with Crippen LogP contribution in [0.15, 0.2) is 54.6 Å². The number of hydrogen-bond acceptors (Lipinski definition) is 2. The first-order valence-corrected chi connectivity index (χ1v) is 8.14. The van der Waals surface area contributed by atoms with E-state index in [1.165, 1.54) is 12.1 Å². The molecule has 3 N–H and O–H groups in total. The van der Waals surface area contributed by atoms with Gasteiger partial charge < -0.3 is 15.7 Å². The molecule has 26 heavy (non-hydrogen) atoms. The van der Waals surface area contributed by atoms with Gasteiger partial charge in [0.15, 0.2) is 0 Å². The Balaban J connectivity index is 1.80. The lowest BCUT2D eigenvalue weighted by molar-refractivity contribution is -0.137. The summed E-state index contributed by atoms with van der Waals surface area (Å²) in [6.07, 6.45) is -3.30. The first-order chi connectivity index (χ1) is 12.2. The number of carbonyl (C=O) groups excluding carboxylic acids is 1. The van der Waals surface area contributed by atoms with Crippen molar-refractivity contribution in [2.75, 3.05) is 11.9 Å². The summed E-state index contributed by atoms with van der Waals surface area (Å²) in [5.41, 5.74) is -0.568. The van der Waals surface area contributed by atoms with Crippen molar-refractivity contribution >= 4 is 11.7 Å². The SMILES string of the molecule is C[C@@](O)(CCc1ccccc1)CNC(=O)Nc1ccc(C(F)(F)F)cc1. The molecular weight excluding hydrogens is 345 g/mol. The van der Waals surface area contributed by atoms with Crippen molar-refractivity contribution in [3.05, 3.63) is 65.7 Å². The number of nitrogens with one attached hydrogen (secondary N) is 2. The number of amides is 2. The highest BCUT2D eigenvalue weighted by atomic mass is 19.4. The van der Waals surface area contributed by atoms with E-state index in [9.17, 15) is 23.1 Å². The van der Waals surface area contributed by atoms with Crippen LogP contribution in [0.25, 0.3) is 0 Å². The quantitative estimate of drug-likeness (QED) is 0.717. The Morgan fingerprint density at radius 1 is 1.04 bits per heavy atom. The average Bonchev–Trinajstić information content (AvgIpc) is 2.59. The molecule has 7 heteroatoms. The van der Waals surface area contributed by atoms with Gasteiger partial charge in [-0.2, -0.15) is 13.2 Å². The monoisotopic (exact) mass is 366 g/mol. The number of urea groups is 1. The van der Waals surface area contributed by atoms with Crippen LogP contribution in [0, 0.1) is 0 Å². The molecule has 4 nitrogen and oxygen atoms in total. The van der Waals surface area contributed by atoms with Crippen molar-refractivity contribution in [3.63, 3.8) is 0 Å². The average molecular weight is 366 g/mol. The summed E-state index contributed by atoms with van der Waals surface area (Å²) in [5.74, 6) is 0. The van der Waals surface area contributed by atoms with Crippen LogP contribution in [0.3, 0.4) is 0 Å². The maximum atomic E-state index is 12.5. The Labute approximate surface area is 150 Å². The molecule has 1 atom stereocenters. The zero-order valence-electron chi connectivity index (χ0n) is 14.3. The van der Waals surface area contributed by atoms with E-state index in [2.05, 4.69) is 10.6 Å². The molecule has 2 aromatic carbocycles. The molecule has 2 amide bonds. The Morgan fingerprint density at radius 3 is 2.23 bits per heavy atom. The van der Waals surface area contributed by atoms with Crippen molar-refractivity contribution in [2.45, 2.75) is 31.5 Å². The second-order valence-corrected chi connectivity index (χ2v) is 6.37. The maximum absolute atomic E-state index is 12.5. The topological polar surface area (TPSA) is 61.4 Å². The second-order valence-electron chi connectivity index (χ2n) is 6.37. The summed E-state index contributed by atoms with van der Waals surface area (Å²) in [7, 11) is 0. The summed E-state index contributed by atoms with van der Waals surface area (Å²) in [5, 5.41) is 15.3. The number of aliphatic hydroxyl groups is 1. The van der Waals surface area contributed by atoms with Crippen molar-refractivity contribution < 1.29 is 23.1 Å². The van der Waals surface area contributed by atoms with Gasteiger partial charge in [-0.25, -0.2) is 4.79 Å². The van der Waals surface area contributed by atoms with Gasteiger partial charge in [0, 0.05) is 12.2 Å². The minimum absolute atomic E-state index is 0.0201. The lowest BCUT2D eigenvalue weighted by Gasteiger charge is -2.23. The maximum Gasteiger partial charge on any atom is 0.416 e. The molecule has 0 saturated carbocycles. The molecule has 0 radical (unpaired) electrons. The normalized spacial score (nSPS) is 13.7. The molecule has 2 aromatic rings. The number of aryl methyl sites for hydroxylation is 1. The molecule has 0 aliphatic rings. The number of rotatable bonds is 6. The summed E-state index contributed by atoms with van der Waals surface area (Å²) in [6, 6.07) is 13.2. The van der Waals surface area contributed by atoms with Crippen LogP contribution < -0.4 is 10.6 Å². The fourth-order valence-electron chi connectivity index (χ4n) is 2.34. The number of hydrogen-bond donors (Lipinski definition) is 3. The van der Waals surface area contributed by atoms with Gasteiger partial charge in [-0.05, 0) is 49.6 Å². The van der Waals surface area contributed by atoms with Crippen LogP contribution in [-0.4, -0.2) is 23.3 Å². The Kier molecular flexibility index (Phi) is 6.26. The Morgan fingerprint density at radius 2 is 1.65 bits per heavy atom. The highest BCUT2D eigenvalue weighted by Gasteiger charge is 2.30. The number of benzene rings is 2. The van der Waals surface area contributed by atoms with Crippen LogP contribution in [0.4, 0.5) is 23.7 Å². The van der Waals surface area contributed by atoms with Gasteiger partial charge in [0.2, 0.25) is 0 Å². The number of anilines is 1. The van der Waals surface area contributed by atoms with E-state index in [1.807, 2.05) is 30.3 Å². The molecule has 140 valence electrons. The third-order valence-electron chi connectivity index (χ3n) is 3.89. The predicted molar refractivity (Wildman–Crippen MR) is 93.9 cm³/mol. The van der Waals surface area contributed by atoms with Gasteiger partial charge in [-0.15, -0.1) is 0 Å². The molecule has 0 saturated heterocycles. The van der Waals surface area contributed by atoms with E-state index in [-0.39, 0.29) is 12.2 Å². The Bertz CT molecular complexity index is 714. The molecule has 0 bridgehead atoms. The summed E-state index contributed by atoms with van der Waals surface area (Å²) in [6.45, 7) is 1.64. The van der Waals surface area contributed by atoms with Gasteiger partial charge in [-0.1, -0.05) is 30.3 Å². The smallest absolute Gasteiger partial charge is 0.388 e. The molecule has 0 spiro atoms. The molecule has 0 aliphatic heterocycles. The van der Waals surface area contributed by atoms with Crippen LogP contribution in [-0.2, 0) is 12.6 Å². The zero-order chi connectivity index (χ0) is 19.2. The van der Waals surface area contributed by atoms with Crippen LogP contribution in [0.1, 0.15) is 24.5 Å². The first kappa shape index (κ1) is 19.8. The van der Waals surface area contributed by atoms with E-state index in [1.54, 1.807) is 6.92 Å². The molecule has 2 rings (SSSR count). The highest BCUT2D eigenvalue weighted by Crippen LogP contribution is 2.29. The fourth-order valence-corrected chi connectivity index (χ4v) is 2.34. The first-order valence-electron chi connectivity index (χ1n) is 8.14. The molecule has 0 unspecified atom stereocenters. The third kappa shape index (κ3) is 6.40. The largest absolute Gasteiger partial charge is 0.416 e.